The largest absolute Gasteiger partial charge is 0.381 e. The third-order valence-electron chi connectivity index (χ3n) is 2.50. The molecule has 0 amide bonds. The fourth-order valence-electron chi connectivity index (χ4n) is 1.68. The second kappa shape index (κ2) is 4.33. The van der Waals surface area contributed by atoms with E-state index < -0.39 is 0 Å². The molecule has 3 aromatic rings. The zero-order chi connectivity index (χ0) is 12.4. The van der Waals surface area contributed by atoms with E-state index in [1.807, 2.05) is 36.4 Å². The minimum atomic E-state index is 0.391. The van der Waals surface area contributed by atoms with Crippen LogP contribution in [0.1, 0.15) is 5.69 Å². The summed E-state index contributed by atoms with van der Waals surface area (Å²) in [5.41, 5.74) is 7.26. The summed E-state index contributed by atoms with van der Waals surface area (Å²) in [4.78, 5) is 0. The van der Waals surface area contributed by atoms with Crippen molar-refractivity contribution in [3.8, 4) is 11.3 Å². The fourth-order valence-corrected chi connectivity index (χ4v) is 1.68. The predicted molar refractivity (Wildman–Crippen MR) is 65.5 cm³/mol. The van der Waals surface area contributed by atoms with Crippen LogP contribution < -0.4 is 5.73 Å². The van der Waals surface area contributed by atoms with Gasteiger partial charge in [0.25, 0.3) is 0 Å². The highest BCUT2D eigenvalue weighted by atomic mass is 16.5. The maximum absolute atomic E-state index is 5.49. The highest BCUT2D eigenvalue weighted by Gasteiger charge is 2.07. The van der Waals surface area contributed by atoms with Gasteiger partial charge in [0.2, 0.25) is 0 Å². The second-order valence-electron chi connectivity index (χ2n) is 3.89. The topological polar surface area (TPSA) is 82.8 Å². The predicted octanol–water partition coefficient (Wildman–Crippen LogP) is 1.56. The maximum atomic E-state index is 5.49. The van der Waals surface area contributed by atoms with E-state index in [2.05, 4.69) is 15.5 Å². The number of aromatic nitrogens is 4. The lowest BCUT2D eigenvalue weighted by Gasteiger charge is -1.93. The van der Waals surface area contributed by atoms with Crippen LogP contribution in [0, 0.1) is 0 Å². The Morgan fingerprint density at radius 1 is 1.22 bits per heavy atom. The van der Waals surface area contributed by atoms with Crippen LogP contribution in [0.5, 0.6) is 0 Å². The lowest BCUT2D eigenvalue weighted by molar-refractivity contribution is 0.419. The molecule has 1 aromatic carbocycles. The molecule has 0 aliphatic heterocycles. The van der Waals surface area contributed by atoms with E-state index in [0.29, 0.717) is 12.4 Å². The average Bonchev–Trinajstić information content (AvgIpc) is 3.01. The van der Waals surface area contributed by atoms with Gasteiger partial charge in [0.1, 0.15) is 5.69 Å². The summed E-state index contributed by atoms with van der Waals surface area (Å²) < 4.78 is 6.90. The Morgan fingerprint density at radius 3 is 2.78 bits per heavy atom. The zero-order valence-corrected chi connectivity index (χ0v) is 9.52. The summed E-state index contributed by atoms with van der Waals surface area (Å²) in [6.07, 6.45) is 1.65. The van der Waals surface area contributed by atoms with E-state index in [0.717, 1.165) is 17.0 Å². The molecule has 6 heteroatoms. The van der Waals surface area contributed by atoms with Crippen LogP contribution in [0.25, 0.3) is 11.3 Å². The Hall–Kier alpha value is -2.63. The molecule has 2 heterocycles. The highest BCUT2D eigenvalue weighted by Crippen LogP contribution is 2.19. The third kappa shape index (κ3) is 2.08. The van der Waals surface area contributed by atoms with Crippen molar-refractivity contribution < 1.29 is 4.52 Å². The molecule has 0 aliphatic rings. The standard InChI is InChI=1S/C12H11N5O/c13-12-8-17(16-14-12)7-10-6-11(18-15-10)9-4-2-1-3-5-9/h1-6,8H,7,13H2. The van der Waals surface area contributed by atoms with Crippen molar-refractivity contribution in [1.29, 1.82) is 0 Å². The van der Waals surface area contributed by atoms with E-state index >= 15 is 0 Å². The monoisotopic (exact) mass is 241 g/mol. The lowest BCUT2D eigenvalue weighted by atomic mass is 10.2. The Morgan fingerprint density at radius 2 is 2.06 bits per heavy atom. The third-order valence-corrected chi connectivity index (χ3v) is 2.50. The molecule has 0 bridgehead atoms. The Labute approximate surface area is 103 Å². The smallest absolute Gasteiger partial charge is 0.167 e. The Bertz CT molecular complexity index is 643. The molecule has 2 N–H and O–H groups in total. The SMILES string of the molecule is Nc1cn(Cc2cc(-c3ccccc3)on2)nn1. The Kier molecular flexibility index (Phi) is 2.53. The van der Waals surface area contributed by atoms with Crippen molar-refractivity contribution in [3.63, 3.8) is 0 Å². The first-order valence-electron chi connectivity index (χ1n) is 5.48. The van der Waals surface area contributed by atoms with Crippen molar-refractivity contribution in [2.24, 2.45) is 0 Å². The molecular weight excluding hydrogens is 230 g/mol. The molecular formula is C12H11N5O. The summed E-state index contributed by atoms with van der Waals surface area (Å²) in [5, 5.41) is 11.6. The van der Waals surface area contributed by atoms with Gasteiger partial charge in [-0.05, 0) is 0 Å². The molecule has 0 unspecified atom stereocenters. The van der Waals surface area contributed by atoms with Crippen LogP contribution in [-0.4, -0.2) is 20.2 Å². The van der Waals surface area contributed by atoms with Crippen molar-refractivity contribution in [1.82, 2.24) is 20.2 Å². The van der Waals surface area contributed by atoms with Gasteiger partial charge >= 0.3 is 0 Å². The van der Waals surface area contributed by atoms with Gasteiger partial charge < -0.3 is 10.3 Å². The molecule has 0 aliphatic carbocycles. The van der Waals surface area contributed by atoms with Gasteiger partial charge in [-0.1, -0.05) is 40.7 Å². The fraction of sp³-hybridized carbons (Fsp3) is 0.0833. The van der Waals surface area contributed by atoms with E-state index in [1.54, 1.807) is 10.9 Å². The number of rotatable bonds is 3. The van der Waals surface area contributed by atoms with Crippen LogP contribution in [0.4, 0.5) is 5.82 Å². The summed E-state index contributed by atoms with van der Waals surface area (Å²) in [5.74, 6) is 1.13. The van der Waals surface area contributed by atoms with Crippen LogP contribution >= 0.6 is 0 Å². The number of hydrogen-bond acceptors (Lipinski definition) is 5. The van der Waals surface area contributed by atoms with Crippen LogP contribution in [0.3, 0.4) is 0 Å². The van der Waals surface area contributed by atoms with Gasteiger partial charge in [-0.2, -0.15) is 0 Å². The Balaban J connectivity index is 1.82. The minimum Gasteiger partial charge on any atom is -0.381 e. The summed E-state index contributed by atoms with van der Waals surface area (Å²) in [6.45, 7) is 0.487. The normalized spacial score (nSPS) is 10.7. The molecule has 90 valence electrons. The molecule has 0 atom stereocenters. The van der Waals surface area contributed by atoms with E-state index in [9.17, 15) is 0 Å². The van der Waals surface area contributed by atoms with Gasteiger partial charge in [-0.3, -0.25) is 0 Å². The number of hydrogen-bond donors (Lipinski definition) is 1. The molecule has 0 fully saturated rings. The van der Waals surface area contributed by atoms with E-state index in [1.165, 1.54) is 0 Å². The van der Waals surface area contributed by atoms with Crippen molar-refractivity contribution in [2.45, 2.75) is 6.54 Å². The van der Waals surface area contributed by atoms with E-state index in [4.69, 9.17) is 10.3 Å². The van der Waals surface area contributed by atoms with Gasteiger partial charge in [0.15, 0.2) is 11.6 Å². The molecule has 0 spiro atoms. The summed E-state index contributed by atoms with van der Waals surface area (Å²) in [6, 6.07) is 11.7. The molecule has 0 saturated carbocycles. The van der Waals surface area contributed by atoms with Gasteiger partial charge in [-0.25, -0.2) is 4.68 Å². The first kappa shape index (κ1) is 10.5. The van der Waals surface area contributed by atoms with Crippen LogP contribution in [-0.2, 0) is 6.54 Å². The van der Waals surface area contributed by atoms with E-state index in [-0.39, 0.29) is 0 Å². The van der Waals surface area contributed by atoms with Crippen molar-refractivity contribution in [2.75, 3.05) is 5.73 Å². The van der Waals surface area contributed by atoms with Crippen LogP contribution in [0.2, 0.25) is 0 Å². The average molecular weight is 241 g/mol. The molecule has 3 rings (SSSR count). The molecule has 2 aromatic heterocycles. The molecule has 6 nitrogen and oxygen atoms in total. The molecule has 0 radical (unpaired) electrons. The van der Waals surface area contributed by atoms with Crippen LogP contribution in [0.15, 0.2) is 47.1 Å². The number of anilines is 1. The number of nitrogens with zero attached hydrogens (tertiary/aromatic N) is 4. The first-order chi connectivity index (χ1) is 8.81. The number of nitrogen functional groups attached to an aromatic ring is 1. The number of nitrogens with two attached hydrogens (primary N) is 1. The number of benzene rings is 1. The summed E-state index contributed by atoms with van der Waals surface area (Å²) in [7, 11) is 0. The van der Waals surface area contributed by atoms with Crippen molar-refractivity contribution >= 4 is 5.82 Å². The van der Waals surface area contributed by atoms with Gasteiger partial charge in [-0.15, -0.1) is 5.10 Å². The van der Waals surface area contributed by atoms with Gasteiger partial charge in [0, 0.05) is 11.6 Å². The molecule has 18 heavy (non-hydrogen) atoms. The minimum absolute atomic E-state index is 0.391. The lowest BCUT2D eigenvalue weighted by Crippen LogP contribution is -2.00. The quantitative estimate of drug-likeness (QED) is 0.752. The summed E-state index contributed by atoms with van der Waals surface area (Å²) >= 11 is 0. The van der Waals surface area contributed by atoms with Gasteiger partial charge in [0.05, 0.1) is 12.7 Å². The first-order valence-corrected chi connectivity index (χ1v) is 5.48. The zero-order valence-electron chi connectivity index (χ0n) is 9.52. The molecule has 0 saturated heterocycles. The maximum Gasteiger partial charge on any atom is 0.167 e. The van der Waals surface area contributed by atoms with Crippen molar-refractivity contribution in [3.05, 3.63) is 48.3 Å². The highest BCUT2D eigenvalue weighted by molar-refractivity contribution is 5.56. The second-order valence-corrected chi connectivity index (χ2v) is 3.89.